The minimum Gasteiger partial charge on any atom is -0.506 e. The number of carbonyl (C=O) groups excluding carboxylic acids is 1. The van der Waals surface area contributed by atoms with Crippen molar-refractivity contribution in [2.45, 2.75) is 21.6 Å². The van der Waals surface area contributed by atoms with Gasteiger partial charge in [-0.3, -0.25) is 4.79 Å². The Bertz CT molecular complexity index is 930. The van der Waals surface area contributed by atoms with E-state index in [1.165, 1.54) is 0 Å². The minimum atomic E-state index is -1.05. The monoisotopic (exact) mass is 450 g/mol. The first-order chi connectivity index (χ1) is 13.4. The lowest BCUT2D eigenvalue weighted by atomic mass is 10.1. The maximum atomic E-state index is 15.4. The van der Waals surface area contributed by atoms with Crippen LogP contribution < -0.4 is 5.63 Å². The molecule has 0 unspecified atom stereocenters. The zero-order valence-electron chi connectivity index (χ0n) is 14.9. The largest absolute Gasteiger partial charge is 0.506 e. The quantitative estimate of drug-likeness (QED) is 0.243. The zero-order chi connectivity index (χ0) is 20.8. The van der Waals surface area contributed by atoms with Gasteiger partial charge in [0, 0.05) is 17.3 Å². The van der Waals surface area contributed by atoms with Gasteiger partial charge in [0.05, 0.1) is 39.9 Å². The normalized spacial score (nSPS) is 11.3. The van der Waals surface area contributed by atoms with Crippen LogP contribution >= 0.6 is 35.3 Å². The molecule has 0 spiro atoms. The van der Waals surface area contributed by atoms with Crippen LogP contribution in [0.5, 0.6) is 5.75 Å². The predicted octanol–water partition coefficient (Wildman–Crippen LogP) is 2.09. The van der Waals surface area contributed by atoms with Crippen molar-refractivity contribution in [2.75, 3.05) is 37.1 Å². The fraction of sp³-hybridized carbons (Fsp3) is 0.412. The van der Waals surface area contributed by atoms with Crippen molar-refractivity contribution >= 4 is 52.0 Å². The molecule has 0 saturated carbocycles. The minimum absolute atomic E-state index is 0.0680. The maximum Gasteiger partial charge on any atom is 0.351 e. The molecule has 2 aromatic rings. The van der Waals surface area contributed by atoms with E-state index in [0.717, 1.165) is 42.2 Å². The molecule has 1 heterocycles. The van der Waals surface area contributed by atoms with E-state index in [0.29, 0.717) is 0 Å². The lowest BCUT2D eigenvalue weighted by Crippen LogP contribution is -2.13. The number of aliphatic hydroxyl groups excluding tert-OH is 3. The molecular weight excluding hydrogens is 431 g/mol. The van der Waals surface area contributed by atoms with Crippen LogP contribution in [0.4, 0.5) is 4.39 Å². The molecule has 0 aliphatic heterocycles. The summed E-state index contributed by atoms with van der Waals surface area (Å²) in [4.78, 5) is 24.3. The number of halogens is 1. The highest BCUT2D eigenvalue weighted by Gasteiger charge is 2.28. The molecule has 0 aliphatic carbocycles. The summed E-state index contributed by atoms with van der Waals surface area (Å²) >= 11 is 2.92. The highest BCUT2D eigenvalue weighted by atomic mass is 32.2. The van der Waals surface area contributed by atoms with Gasteiger partial charge in [-0.1, -0.05) is 0 Å². The van der Waals surface area contributed by atoms with Gasteiger partial charge in [0.15, 0.2) is 17.2 Å². The number of benzene rings is 1. The Morgan fingerprint density at radius 2 is 1.46 bits per heavy atom. The Labute approximate surface area is 172 Å². The van der Waals surface area contributed by atoms with Gasteiger partial charge in [-0.25, -0.2) is 9.18 Å². The number of hydrogen-bond acceptors (Lipinski definition) is 10. The third kappa shape index (κ3) is 4.66. The second-order valence-corrected chi connectivity index (χ2v) is 8.71. The van der Waals surface area contributed by atoms with E-state index in [-0.39, 0.29) is 62.7 Å². The summed E-state index contributed by atoms with van der Waals surface area (Å²) in [5, 5.41) is 37.9. The summed E-state index contributed by atoms with van der Waals surface area (Å²) in [6, 6.07) is 0. The molecule has 4 N–H and O–H groups in total. The number of hydrogen-bond donors (Lipinski definition) is 4. The van der Waals surface area contributed by atoms with Gasteiger partial charge in [0.2, 0.25) is 0 Å². The first-order valence-electron chi connectivity index (χ1n) is 8.16. The summed E-state index contributed by atoms with van der Waals surface area (Å²) in [6.07, 6.45) is 0. The molecule has 1 aromatic carbocycles. The van der Waals surface area contributed by atoms with Crippen LogP contribution in [0.15, 0.2) is 23.9 Å². The van der Waals surface area contributed by atoms with Crippen molar-refractivity contribution in [2.24, 2.45) is 0 Å². The molecule has 11 heteroatoms. The third-order valence-electron chi connectivity index (χ3n) is 3.50. The second kappa shape index (κ2) is 10.5. The standard InChI is InChI=1S/C17H19FO7S3/c1-8(22)9-12(23)10-13(25-17(9)24)16(28-7-4-21)15(27-6-3-20)11(18)14(10)26-5-2-19/h19-21,23H,2-7H2,1H3. The molecule has 2 rings (SSSR count). The van der Waals surface area contributed by atoms with Gasteiger partial charge in [0.25, 0.3) is 0 Å². The first-order valence-corrected chi connectivity index (χ1v) is 11.1. The average Bonchev–Trinajstić information content (AvgIpc) is 2.64. The zero-order valence-corrected chi connectivity index (χ0v) is 17.3. The number of Topliss-reactive ketones (excluding diaryl/α,β-unsaturated/α-hetero) is 1. The van der Waals surface area contributed by atoms with Gasteiger partial charge in [-0.2, -0.15) is 0 Å². The van der Waals surface area contributed by atoms with E-state index in [1.807, 2.05) is 0 Å². The van der Waals surface area contributed by atoms with Crippen molar-refractivity contribution in [1.82, 2.24) is 0 Å². The fourth-order valence-electron chi connectivity index (χ4n) is 2.46. The molecule has 0 bridgehead atoms. The fourth-order valence-corrected chi connectivity index (χ4v) is 5.27. The lowest BCUT2D eigenvalue weighted by molar-refractivity contribution is 0.101. The van der Waals surface area contributed by atoms with Crippen molar-refractivity contribution in [3.63, 3.8) is 0 Å². The maximum absolute atomic E-state index is 15.4. The number of aliphatic hydroxyl groups is 3. The average molecular weight is 451 g/mol. The SMILES string of the molecule is CC(=O)c1c(O)c2c(SCCO)c(F)c(SCCO)c(SCCO)c2oc1=O. The number of rotatable bonds is 10. The van der Waals surface area contributed by atoms with E-state index in [1.54, 1.807) is 0 Å². The molecular formula is C17H19FO7S3. The smallest absolute Gasteiger partial charge is 0.351 e. The molecule has 0 fully saturated rings. The summed E-state index contributed by atoms with van der Waals surface area (Å²) in [5.41, 5.74) is -1.73. The van der Waals surface area contributed by atoms with Crippen LogP contribution in [0.1, 0.15) is 17.3 Å². The van der Waals surface area contributed by atoms with Gasteiger partial charge in [-0.05, 0) is 6.92 Å². The van der Waals surface area contributed by atoms with Gasteiger partial charge in [-0.15, -0.1) is 35.3 Å². The molecule has 7 nitrogen and oxygen atoms in total. The van der Waals surface area contributed by atoms with E-state index >= 15 is 4.39 Å². The third-order valence-corrected chi connectivity index (χ3v) is 6.81. The van der Waals surface area contributed by atoms with Crippen LogP contribution in [0.25, 0.3) is 11.0 Å². The molecule has 1 aromatic heterocycles. The second-order valence-electron chi connectivity index (χ2n) is 5.39. The number of ketones is 1. The molecule has 0 aliphatic rings. The Kier molecular flexibility index (Phi) is 8.65. The molecule has 28 heavy (non-hydrogen) atoms. The molecule has 0 atom stereocenters. The Balaban J connectivity index is 2.96. The number of thioether (sulfide) groups is 3. The Morgan fingerprint density at radius 3 is 1.96 bits per heavy atom. The summed E-state index contributed by atoms with van der Waals surface area (Å²) < 4.78 is 20.7. The Hall–Kier alpha value is -1.24. The highest BCUT2D eigenvalue weighted by Crippen LogP contribution is 2.47. The topological polar surface area (TPSA) is 128 Å². The van der Waals surface area contributed by atoms with E-state index < -0.39 is 28.5 Å². The molecule has 0 amide bonds. The van der Waals surface area contributed by atoms with Crippen molar-refractivity contribution in [3.05, 3.63) is 21.8 Å². The number of aromatic hydroxyl groups is 1. The van der Waals surface area contributed by atoms with Crippen molar-refractivity contribution < 1.29 is 34.0 Å². The van der Waals surface area contributed by atoms with Gasteiger partial charge < -0.3 is 24.8 Å². The van der Waals surface area contributed by atoms with Crippen molar-refractivity contribution in [3.8, 4) is 5.75 Å². The number of fused-ring (bicyclic) bond motifs is 1. The van der Waals surface area contributed by atoms with Gasteiger partial charge in [0.1, 0.15) is 11.3 Å². The van der Waals surface area contributed by atoms with Crippen LogP contribution in [0, 0.1) is 5.82 Å². The van der Waals surface area contributed by atoms with Crippen molar-refractivity contribution in [1.29, 1.82) is 0 Å². The van der Waals surface area contributed by atoms with E-state index in [4.69, 9.17) is 19.7 Å². The summed E-state index contributed by atoms with van der Waals surface area (Å²) in [7, 11) is 0. The van der Waals surface area contributed by atoms with E-state index in [2.05, 4.69) is 0 Å². The number of carbonyl (C=O) groups is 1. The van der Waals surface area contributed by atoms with E-state index in [9.17, 15) is 14.7 Å². The summed E-state index contributed by atoms with van der Waals surface area (Å²) in [5.74, 6) is -1.68. The predicted molar refractivity (Wildman–Crippen MR) is 108 cm³/mol. The first kappa shape index (κ1) is 23.0. The van der Waals surface area contributed by atoms with Crippen LogP contribution in [-0.2, 0) is 0 Å². The molecule has 0 saturated heterocycles. The Morgan fingerprint density at radius 1 is 0.964 bits per heavy atom. The molecule has 0 radical (unpaired) electrons. The molecule has 154 valence electrons. The van der Waals surface area contributed by atoms with Crippen LogP contribution in [0.3, 0.4) is 0 Å². The summed E-state index contributed by atoms with van der Waals surface area (Å²) in [6.45, 7) is 0.384. The highest BCUT2D eigenvalue weighted by molar-refractivity contribution is 8.02. The lowest BCUT2D eigenvalue weighted by Gasteiger charge is -2.17. The van der Waals surface area contributed by atoms with Gasteiger partial charge >= 0.3 is 5.63 Å². The van der Waals surface area contributed by atoms with Crippen LogP contribution in [0.2, 0.25) is 0 Å². The van der Waals surface area contributed by atoms with Crippen LogP contribution in [-0.4, -0.2) is 63.3 Å².